The van der Waals surface area contributed by atoms with Crippen molar-refractivity contribution in [3.63, 3.8) is 0 Å². The minimum absolute atomic E-state index is 0.167. The molecule has 0 saturated carbocycles. The zero-order valence-corrected chi connectivity index (χ0v) is 19.3. The summed E-state index contributed by atoms with van der Waals surface area (Å²) in [5, 5.41) is 8.71. The number of oxime groups is 1. The Morgan fingerprint density at radius 3 is 2.45 bits per heavy atom. The molecule has 1 aliphatic rings. The first-order chi connectivity index (χ1) is 16.2. The van der Waals surface area contributed by atoms with Crippen LogP contribution in [0.15, 0.2) is 64.9 Å². The van der Waals surface area contributed by atoms with Gasteiger partial charge in [-0.2, -0.15) is 5.10 Å². The van der Waals surface area contributed by atoms with Gasteiger partial charge in [0.05, 0.1) is 20.3 Å². The van der Waals surface area contributed by atoms with Crippen molar-refractivity contribution in [3.8, 4) is 5.75 Å². The molecule has 8 nitrogen and oxygen atoms in total. The van der Waals surface area contributed by atoms with Crippen molar-refractivity contribution in [1.29, 1.82) is 0 Å². The van der Waals surface area contributed by atoms with Crippen LogP contribution in [0.25, 0.3) is 0 Å². The number of amides is 1. The first-order valence-corrected chi connectivity index (χ1v) is 11.2. The molecule has 2 aromatic carbocycles. The largest absolute Gasteiger partial charge is 0.497 e. The fourth-order valence-corrected chi connectivity index (χ4v) is 3.31. The summed E-state index contributed by atoms with van der Waals surface area (Å²) >= 11 is 0. The quantitative estimate of drug-likeness (QED) is 0.322. The number of hydrogen-bond acceptors (Lipinski definition) is 7. The zero-order chi connectivity index (χ0) is 23.3. The van der Waals surface area contributed by atoms with Crippen LogP contribution >= 0.6 is 0 Å². The Bertz CT molecular complexity index is 923. The molecule has 0 spiro atoms. The van der Waals surface area contributed by atoms with Gasteiger partial charge in [0, 0.05) is 19.6 Å². The Kier molecular flexibility index (Phi) is 9.72. The van der Waals surface area contributed by atoms with Gasteiger partial charge in [-0.05, 0) is 36.1 Å². The number of carbonyl (C=O) groups excluding carboxylic acids is 1. The number of carbonyl (C=O) groups is 1. The summed E-state index contributed by atoms with van der Waals surface area (Å²) in [6.45, 7) is 4.95. The van der Waals surface area contributed by atoms with Gasteiger partial charge in [-0.25, -0.2) is 0 Å². The van der Waals surface area contributed by atoms with Crippen LogP contribution in [-0.4, -0.2) is 62.2 Å². The van der Waals surface area contributed by atoms with E-state index in [1.165, 1.54) is 0 Å². The molecule has 1 fully saturated rings. The second-order valence-corrected chi connectivity index (χ2v) is 7.52. The number of ether oxygens (including phenoxy) is 2. The van der Waals surface area contributed by atoms with Crippen molar-refractivity contribution in [1.82, 2.24) is 10.3 Å². The predicted molar refractivity (Wildman–Crippen MR) is 128 cm³/mol. The summed E-state index contributed by atoms with van der Waals surface area (Å²) < 4.78 is 10.6. The summed E-state index contributed by atoms with van der Waals surface area (Å²) in [6, 6.07) is 17.7. The highest BCUT2D eigenvalue weighted by atomic mass is 16.6. The normalized spacial score (nSPS) is 14.7. The van der Waals surface area contributed by atoms with E-state index in [1.807, 2.05) is 61.5 Å². The third kappa shape index (κ3) is 7.61. The molecule has 1 saturated heterocycles. The van der Waals surface area contributed by atoms with E-state index in [-0.39, 0.29) is 11.6 Å². The van der Waals surface area contributed by atoms with Crippen molar-refractivity contribution < 1.29 is 19.1 Å². The van der Waals surface area contributed by atoms with E-state index in [1.54, 1.807) is 12.0 Å². The lowest BCUT2D eigenvalue weighted by Crippen LogP contribution is -2.46. The van der Waals surface area contributed by atoms with Crippen molar-refractivity contribution >= 4 is 17.3 Å². The van der Waals surface area contributed by atoms with Gasteiger partial charge in [0.15, 0.2) is 5.71 Å². The lowest BCUT2D eigenvalue weighted by molar-refractivity contribution is -0.127. The van der Waals surface area contributed by atoms with Crippen LogP contribution in [0.5, 0.6) is 5.75 Å². The molecular weight excluding hydrogens is 420 g/mol. The van der Waals surface area contributed by atoms with Gasteiger partial charge < -0.3 is 24.6 Å². The Labute approximate surface area is 195 Å². The predicted octanol–water partition coefficient (Wildman–Crippen LogP) is 3.02. The maximum absolute atomic E-state index is 13.2. The van der Waals surface area contributed by atoms with Crippen LogP contribution in [0.3, 0.4) is 0 Å². The van der Waals surface area contributed by atoms with Gasteiger partial charge in [0.25, 0.3) is 5.91 Å². The summed E-state index contributed by atoms with van der Waals surface area (Å²) in [6.07, 6.45) is 1.28. The van der Waals surface area contributed by atoms with Crippen LogP contribution in [0.2, 0.25) is 0 Å². The third-order valence-electron chi connectivity index (χ3n) is 5.23. The third-order valence-corrected chi connectivity index (χ3v) is 5.23. The molecule has 1 aliphatic heterocycles. The van der Waals surface area contributed by atoms with Crippen LogP contribution < -0.4 is 10.2 Å². The summed E-state index contributed by atoms with van der Waals surface area (Å²) in [5.74, 6) is 0.654. The van der Waals surface area contributed by atoms with Gasteiger partial charge in [0.1, 0.15) is 18.1 Å². The highest BCUT2D eigenvalue weighted by Gasteiger charge is 2.25. The molecule has 8 heteroatoms. The molecule has 3 rings (SSSR count). The van der Waals surface area contributed by atoms with Crippen LogP contribution in [0.4, 0.5) is 0 Å². The smallest absolute Gasteiger partial charge is 0.276 e. The van der Waals surface area contributed by atoms with E-state index in [2.05, 4.69) is 15.7 Å². The topological polar surface area (TPSA) is 84.8 Å². The number of rotatable bonds is 11. The van der Waals surface area contributed by atoms with E-state index in [9.17, 15) is 4.79 Å². The lowest BCUT2D eigenvalue weighted by atomic mass is 10.1. The molecule has 0 aliphatic carbocycles. The van der Waals surface area contributed by atoms with Gasteiger partial charge in [-0.3, -0.25) is 4.79 Å². The second-order valence-electron chi connectivity index (χ2n) is 7.52. The fraction of sp³-hybridized carbons (Fsp3) is 0.400. The van der Waals surface area contributed by atoms with Crippen LogP contribution in [0, 0.1) is 0 Å². The average molecular weight is 453 g/mol. The number of nitrogens with one attached hydrogen (secondary N) is 1. The van der Waals surface area contributed by atoms with Crippen LogP contribution in [-0.2, 0) is 27.4 Å². The highest BCUT2D eigenvalue weighted by Crippen LogP contribution is 2.11. The molecular formula is C25H32N4O4. The number of nitrogens with zero attached hydrogens (tertiary/aromatic N) is 3. The number of morpholine rings is 1. The fourth-order valence-electron chi connectivity index (χ4n) is 3.31. The minimum Gasteiger partial charge on any atom is -0.497 e. The number of benzene rings is 2. The molecule has 0 unspecified atom stereocenters. The summed E-state index contributed by atoms with van der Waals surface area (Å²) in [7, 11) is 1.65. The summed E-state index contributed by atoms with van der Waals surface area (Å²) in [4.78, 5) is 20.5. The highest BCUT2D eigenvalue weighted by molar-refractivity contribution is 6.66. The molecule has 33 heavy (non-hydrogen) atoms. The molecule has 0 bridgehead atoms. The second kappa shape index (κ2) is 13.2. The van der Waals surface area contributed by atoms with Gasteiger partial charge in [0.2, 0.25) is 0 Å². The molecule has 1 heterocycles. The maximum atomic E-state index is 13.2. The molecule has 2 aromatic rings. The molecule has 1 N–H and O–H groups in total. The molecule has 1 amide bonds. The maximum Gasteiger partial charge on any atom is 0.276 e. The van der Waals surface area contributed by atoms with Crippen molar-refractivity contribution in [2.24, 2.45) is 10.3 Å². The first-order valence-electron chi connectivity index (χ1n) is 11.2. The van der Waals surface area contributed by atoms with Gasteiger partial charge >= 0.3 is 0 Å². The van der Waals surface area contributed by atoms with Crippen LogP contribution in [0.1, 0.15) is 24.5 Å². The first kappa shape index (κ1) is 24.3. The number of hydrogen-bond donors (Lipinski definition) is 1. The molecule has 0 atom stereocenters. The standard InChI is InChI=1S/C25H32N4O4/c1-3-23(28-33-19-21-7-5-4-6-8-21)24(25(30)29-15-17-32-18-16-29)27-26-14-13-20-9-11-22(31-2)12-10-20/h4-12,26H,3,13-19H2,1-2H3. The Balaban J connectivity index is 1.67. The van der Waals surface area contributed by atoms with Gasteiger partial charge in [-0.1, -0.05) is 54.5 Å². The van der Waals surface area contributed by atoms with E-state index >= 15 is 0 Å². The average Bonchev–Trinajstić information content (AvgIpc) is 2.88. The molecule has 0 radical (unpaired) electrons. The van der Waals surface area contributed by atoms with E-state index in [0.29, 0.717) is 51.6 Å². The Morgan fingerprint density at radius 2 is 1.79 bits per heavy atom. The van der Waals surface area contributed by atoms with E-state index < -0.39 is 0 Å². The monoisotopic (exact) mass is 452 g/mol. The van der Waals surface area contributed by atoms with Crippen molar-refractivity contribution in [3.05, 3.63) is 65.7 Å². The van der Waals surface area contributed by atoms with E-state index in [0.717, 1.165) is 23.3 Å². The van der Waals surface area contributed by atoms with Crippen molar-refractivity contribution in [2.75, 3.05) is 40.0 Å². The van der Waals surface area contributed by atoms with E-state index in [4.69, 9.17) is 14.3 Å². The molecule has 176 valence electrons. The van der Waals surface area contributed by atoms with Gasteiger partial charge in [-0.15, -0.1) is 0 Å². The SMILES string of the molecule is CCC(=NOCc1ccccc1)C(=NNCCc1ccc(OC)cc1)C(=O)N1CCOCC1. The lowest BCUT2D eigenvalue weighted by Gasteiger charge is -2.27. The number of methoxy groups -OCH3 is 1. The number of hydrazone groups is 1. The summed E-state index contributed by atoms with van der Waals surface area (Å²) in [5.41, 5.74) is 6.00. The molecule has 0 aromatic heterocycles. The minimum atomic E-state index is -0.167. The Morgan fingerprint density at radius 1 is 1.06 bits per heavy atom. The van der Waals surface area contributed by atoms with Crippen molar-refractivity contribution in [2.45, 2.75) is 26.4 Å². The zero-order valence-electron chi connectivity index (χ0n) is 19.3. The Hall–Kier alpha value is -3.39.